The lowest BCUT2D eigenvalue weighted by atomic mass is 10.0. The van der Waals surface area contributed by atoms with Gasteiger partial charge in [-0.2, -0.15) is 23.5 Å². The molecular weight excluding hydrogens is 507 g/mol. The molecule has 1 aliphatic rings. The summed E-state index contributed by atoms with van der Waals surface area (Å²) in [5.41, 5.74) is 2.94. The average Bonchev–Trinajstić information content (AvgIpc) is 3.66. The first-order chi connectivity index (χ1) is 18.6. The zero-order valence-corrected chi connectivity index (χ0v) is 20.8. The molecule has 2 aromatic heterocycles. The number of amides is 1. The van der Waals surface area contributed by atoms with Gasteiger partial charge in [0.2, 0.25) is 0 Å². The zero-order valence-electron chi connectivity index (χ0n) is 20.8. The number of halogens is 3. The van der Waals surface area contributed by atoms with Crippen LogP contribution in [0.3, 0.4) is 0 Å². The number of hydrogen-bond donors (Lipinski definition) is 1. The number of benzene rings is 2. The monoisotopic (exact) mass is 529 g/mol. The Morgan fingerprint density at radius 3 is 2.64 bits per heavy atom. The highest BCUT2D eigenvalue weighted by Crippen LogP contribution is 2.32. The van der Waals surface area contributed by atoms with Crippen molar-refractivity contribution in [3.63, 3.8) is 0 Å². The zero-order chi connectivity index (χ0) is 27.7. The summed E-state index contributed by atoms with van der Waals surface area (Å²) in [6.07, 6.45) is 2.34. The second kappa shape index (κ2) is 10.2. The normalized spacial score (nSPS) is 13.1. The van der Waals surface area contributed by atoms with Crippen molar-refractivity contribution in [2.75, 3.05) is 5.32 Å². The molecule has 1 fully saturated rings. The molecule has 0 aliphatic heterocycles. The topological polar surface area (TPSA) is 101 Å². The summed E-state index contributed by atoms with van der Waals surface area (Å²) in [5, 5.41) is 16.8. The number of anilines is 1. The maximum absolute atomic E-state index is 13.0. The summed E-state index contributed by atoms with van der Waals surface area (Å²) in [7, 11) is 0. The molecule has 196 valence electrons. The summed E-state index contributed by atoms with van der Waals surface area (Å²) >= 11 is 0. The number of nitrogens with one attached hydrogen (secondary N) is 1. The molecule has 1 aliphatic carbocycles. The highest BCUT2D eigenvalue weighted by Gasteiger charge is 2.31. The fourth-order valence-corrected chi connectivity index (χ4v) is 4.21. The molecule has 0 unspecified atom stereocenters. The van der Waals surface area contributed by atoms with E-state index in [-0.39, 0.29) is 23.7 Å². The highest BCUT2D eigenvalue weighted by molar-refractivity contribution is 6.04. The Morgan fingerprint density at radius 1 is 1.13 bits per heavy atom. The Morgan fingerprint density at radius 2 is 1.92 bits per heavy atom. The van der Waals surface area contributed by atoms with Gasteiger partial charge in [0.25, 0.3) is 5.91 Å². The van der Waals surface area contributed by atoms with Gasteiger partial charge in [-0.1, -0.05) is 12.1 Å². The van der Waals surface area contributed by atoms with Crippen LogP contribution in [0.4, 0.5) is 18.9 Å². The van der Waals surface area contributed by atoms with E-state index in [4.69, 9.17) is 0 Å². The predicted molar refractivity (Wildman–Crippen MR) is 137 cm³/mol. The number of carbonyl (C=O) groups excluding carboxylic acids is 2. The summed E-state index contributed by atoms with van der Waals surface area (Å²) in [6, 6.07) is 13.1. The number of aromatic nitrogens is 3. The van der Waals surface area contributed by atoms with Gasteiger partial charge in [-0.05, 0) is 61.7 Å². The SMILES string of the molecule is Cc1ccc(NC(=O)c2cccc(C(F)(F)F)c2)cc1-n1cc(-c2cnc(CC(=O)C3CC3)cc2C#N)cn1. The molecule has 5 rings (SSSR count). The van der Waals surface area contributed by atoms with Crippen molar-refractivity contribution in [3.8, 4) is 22.9 Å². The number of nitrogens with zero attached hydrogens (tertiary/aromatic N) is 4. The lowest BCUT2D eigenvalue weighted by molar-refractivity contribution is -0.137. The number of rotatable bonds is 7. The second-order valence-electron chi connectivity index (χ2n) is 9.46. The Hall–Kier alpha value is -4.78. The van der Waals surface area contributed by atoms with Crippen molar-refractivity contribution in [1.82, 2.24) is 14.8 Å². The Balaban J connectivity index is 1.37. The summed E-state index contributed by atoms with van der Waals surface area (Å²) in [6.45, 7) is 1.85. The molecule has 39 heavy (non-hydrogen) atoms. The number of ketones is 1. The Kier molecular flexibility index (Phi) is 6.74. The van der Waals surface area contributed by atoms with Crippen molar-refractivity contribution in [2.24, 2.45) is 5.92 Å². The third-order valence-corrected chi connectivity index (χ3v) is 6.53. The van der Waals surface area contributed by atoms with Gasteiger partial charge in [-0.15, -0.1) is 0 Å². The van der Waals surface area contributed by atoms with Gasteiger partial charge in [0.15, 0.2) is 0 Å². The van der Waals surface area contributed by atoms with Crippen LogP contribution in [0.25, 0.3) is 16.8 Å². The number of aryl methyl sites for hydroxylation is 1. The molecule has 7 nitrogen and oxygen atoms in total. The van der Waals surface area contributed by atoms with Crippen LogP contribution in [0.15, 0.2) is 67.1 Å². The smallest absolute Gasteiger partial charge is 0.322 e. The number of hydrogen-bond acceptors (Lipinski definition) is 5. The third kappa shape index (κ3) is 5.72. The molecule has 1 N–H and O–H groups in total. The molecular formula is C29H22F3N5O2. The first kappa shape index (κ1) is 25.9. The molecule has 4 aromatic rings. The molecule has 2 aromatic carbocycles. The van der Waals surface area contributed by atoms with Crippen molar-refractivity contribution in [3.05, 3.63) is 95.1 Å². The quantitative estimate of drug-likeness (QED) is 0.321. The van der Waals surface area contributed by atoms with Crippen LogP contribution in [0.1, 0.15) is 45.6 Å². The minimum atomic E-state index is -4.56. The predicted octanol–water partition coefficient (Wildman–Crippen LogP) is 5.91. The van der Waals surface area contributed by atoms with E-state index >= 15 is 0 Å². The third-order valence-electron chi connectivity index (χ3n) is 6.53. The largest absolute Gasteiger partial charge is 0.416 e. The fourth-order valence-electron chi connectivity index (χ4n) is 4.21. The number of Topliss-reactive ketones (excluding diaryl/α,β-unsaturated/α-hetero) is 1. The maximum atomic E-state index is 13.0. The van der Waals surface area contributed by atoms with E-state index in [1.807, 2.05) is 6.92 Å². The van der Waals surface area contributed by atoms with Crippen molar-refractivity contribution in [1.29, 1.82) is 5.26 Å². The average molecular weight is 530 g/mol. The highest BCUT2D eigenvalue weighted by atomic mass is 19.4. The van der Waals surface area contributed by atoms with Crippen LogP contribution in [-0.4, -0.2) is 26.5 Å². The van der Waals surface area contributed by atoms with E-state index in [2.05, 4.69) is 21.5 Å². The molecule has 0 saturated heterocycles. The molecule has 0 spiro atoms. The summed E-state index contributed by atoms with van der Waals surface area (Å²) in [4.78, 5) is 29.2. The molecule has 10 heteroatoms. The van der Waals surface area contributed by atoms with E-state index in [0.717, 1.165) is 30.5 Å². The minimum Gasteiger partial charge on any atom is -0.322 e. The second-order valence-corrected chi connectivity index (χ2v) is 9.46. The first-order valence-electron chi connectivity index (χ1n) is 12.2. The van der Waals surface area contributed by atoms with Crippen LogP contribution in [0, 0.1) is 24.2 Å². The van der Waals surface area contributed by atoms with Crippen LogP contribution < -0.4 is 5.32 Å². The Bertz CT molecular complexity index is 1630. The van der Waals surface area contributed by atoms with Gasteiger partial charge in [0, 0.05) is 52.8 Å². The molecule has 0 bridgehead atoms. The standard InChI is InChI=1S/C29H22F3N5O2/c1-17-5-8-23(36-28(39)19-3-2-4-22(9-19)29(30,31)32)11-26(17)37-16-21(14-35-37)25-15-34-24(10-20(25)13-33)12-27(38)18-6-7-18/h2-5,8-11,14-16,18H,6-7,12H2,1H3,(H,36,39). The van der Waals surface area contributed by atoms with E-state index in [9.17, 15) is 28.0 Å². The van der Waals surface area contributed by atoms with Gasteiger partial charge in [-0.25, -0.2) is 4.68 Å². The van der Waals surface area contributed by atoms with E-state index in [1.165, 1.54) is 12.1 Å². The van der Waals surface area contributed by atoms with Crippen molar-refractivity contribution < 1.29 is 22.8 Å². The lowest BCUT2D eigenvalue weighted by Crippen LogP contribution is -2.14. The van der Waals surface area contributed by atoms with Gasteiger partial charge in [0.05, 0.1) is 29.1 Å². The number of carbonyl (C=O) groups is 2. The number of pyridine rings is 1. The first-order valence-corrected chi connectivity index (χ1v) is 12.2. The number of alkyl halides is 3. The summed E-state index contributed by atoms with van der Waals surface area (Å²) in [5.74, 6) is -0.423. The van der Waals surface area contributed by atoms with Gasteiger partial charge < -0.3 is 5.32 Å². The van der Waals surface area contributed by atoms with E-state index < -0.39 is 17.6 Å². The van der Waals surface area contributed by atoms with Crippen LogP contribution in [-0.2, 0) is 17.4 Å². The molecule has 2 heterocycles. The molecule has 1 amide bonds. The van der Waals surface area contributed by atoms with Gasteiger partial charge >= 0.3 is 6.18 Å². The Labute approximate surface area is 221 Å². The van der Waals surface area contributed by atoms with E-state index in [1.54, 1.807) is 47.5 Å². The minimum absolute atomic E-state index is 0.115. The van der Waals surface area contributed by atoms with E-state index in [0.29, 0.717) is 33.8 Å². The van der Waals surface area contributed by atoms with Crippen LogP contribution >= 0.6 is 0 Å². The van der Waals surface area contributed by atoms with Crippen LogP contribution in [0.2, 0.25) is 0 Å². The lowest BCUT2D eigenvalue weighted by Gasteiger charge is -2.12. The van der Waals surface area contributed by atoms with Crippen molar-refractivity contribution in [2.45, 2.75) is 32.4 Å². The number of nitriles is 1. The molecule has 0 radical (unpaired) electrons. The maximum Gasteiger partial charge on any atom is 0.416 e. The molecule has 0 atom stereocenters. The van der Waals surface area contributed by atoms with Crippen molar-refractivity contribution >= 4 is 17.4 Å². The molecule has 1 saturated carbocycles. The fraction of sp³-hybridized carbons (Fsp3) is 0.207. The van der Waals surface area contributed by atoms with Crippen LogP contribution in [0.5, 0.6) is 0 Å². The summed E-state index contributed by atoms with van der Waals surface area (Å²) < 4.78 is 40.7. The van der Waals surface area contributed by atoms with Gasteiger partial charge in [0.1, 0.15) is 5.78 Å². The van der Waals surface area contributed by atoms with Gasteiger partial charge in [-0.3, -0.25) is 14.6 Å².